The summed E-state index contributed by atoms with van der Waals surface area (Å²) in [5, 5.41) is 2.80. The number of sulfonamides is 1. The van der Waals surface area contributed by atoms with Crippen LogP contribution in [0.15, 0.2) is 33.6 Å². The smallest absolute Gasteiger partial charge is 0.284 e. The predicted octanol–water partition coefficient (Wildman–Crippen LogP) is 2.67. The Kier molecular flexibility index (Phi) is 6.04. The molecule has 0 spiro atoms. The van der Waals surface area contributed by atoms with Crippen molar-refractivity contribution in [3.8, 4) is 0 Å². The van der Waals surface area contributed by atoms with Crippen molar-refractivity contribution in [2.45, 2.75) is 61.3 Å². The van der Waals surface area contributed by atoms with Crippen LogP contribution in [-0.4, -0.2) is 66.1 Å². The number of amidine groups is 1. The summed E-state index contributed by atoms with van der Waals surface area (Å²) in [5.41, 5.74) is 0.380. The van der Waals surface area contributed by atoms with Crippen LogP contribution in [0.4, 0.5) is 5.69 Å². The molecule has 1 aromatic rings. The van der Waals surface area contributed by atoms with E-state index < -0.39 is 16.1 Å². The summed E-state index contributed by atoms with van der Waals surface area (Å²) in [7, 11) is -2.03. The number of anilines is 1. The Labute approximate surface area is 187 Å². The van der Waals surface area contributed by atoms with Crippen LogP contribution >= 0.6 is 11.8 Å². The van der Waals surface area contributed by atoms with E-state index in [4.69, 9.17) is 0 Å². The van der Waals surface area contributed by atoms with Crippen molar-refractivity contribution in [1.29, 1.82) is 0 Å². The Balaban J connectivity index is 1.52. The summed E-state index contributed by atoms with van der Waals surface area (Å²) < 4.78 is 29.9. The number of likely N-dealkylation sites (tertiary alicyclic amines) is 1. The lowest BCUT2D eigenvalue weighted by Crippen LogP contribution is -2.48. The van der Waals surface area contributed by atoms with Gasteiger partial charge in [0, 0.05) is 37.9 Å². The predicted molar refractivity (Wildman–Crippen MR) is 122 cm³/mol. The highest BCUT2D eigenvalue weighted by Crippen LogP contribution is 2.47. The molecule has 3 fully saturated rings. The van der Waals surface area contributed by atoms with Crippen molar-refractivity contribution in [2.24, 2.45) is 4.40 Å². The van der Waals surface area contributed by atoms with Crippen LogP contribution in [0.1, 0.15) is 45.4 Å². The molecular weight excluding hydrogens is 436 g/mol. The Hall–Kier alpha value is -2.07. The summed E-state index contributed by atoms with van der Waals surface area (Å²) >= 11 is 1.62. The van der Waals surface area contributed by atoms with E-state index in [0.717, 1.165) is 32.2 Å². The van der Waals surface area contributed by atoms with Gasteiger partial charge >= 0.3 is 0 Å². The maximum absolute atomic E-state index is 12.9. The summed E-state index contributed by atoms with van der Waals surface area (Å²) in [4.78, 5) is 28.5. The zero-order valence-corrected chi connectivity index (χ0v) is 19.5. The first-order valence-electron chi connectivity index (χ1n) is 10.6. The van der Waals surface area contributed by atoms with Gasteiger partial charge in [-0.05, 0) is 44.4 Å². The van der Waals surface area contributed by atoms with E-state index in [1.54, 1.807) is 28.8 Å². The van der Waals surface area contributed by atoms with E-state index in [2.05, 4.69) is 9.71 Å². The van der Waals surface area contributed by atoms with Gasteiger partial charge in [0.15, 0.2) is 0 Å². The molecule has 3 saturated heterocycles. The number of thioether (sulfide) groups is 1. The molecule has 10 heteroatoms. The van der Waals surface area contributed by atoms with Crippen LogP contribution in [-0.2, 0) is 19.6 Å². The number of hydrogen-bond donors (Lipinski definition) is 1. The second-order valence-corrected chi connectivity index (χ2v) is 11.6. The number of amides is 2. The van der Waals surface area contributed by atoms with Gasteiger partial charge in [0.25, 0.3) is 10.0 Å². The third-order valence-corrected chi connectivity index (χ3v) is 9.01. The van der Waals surface area contributed by atoms with Gasteiger partial charge in [-0.15, -0.1) is 16.2 Å². The zero-order chi connectivity index (χ0) is 22.2. The van der Waals surface area contributed by atoms with Gasteiger partial charge in [-0.25, -0.2) is 0 Å². The lowest BCUT2D eigenvalue weighted by atomic mass is 10.2. The molecule has 3 heterocycles. The first kappa shape index (κ1) is 22.1. The minimum atomic E-state index is -3.89. The second-order valence-electron chi connectivity index (χ2n) is 8.50. The Bertz CT molecular complexity index is 1030. The zero-order valence-electron chi connectivity index (χ0n) is 17.8. The van der Waals surface area contributed by atoms with Gasteiger partial charge in [0.1, 0.15) is 11.9 Å². The van der Waals surface area contributed by atoms with E-state index in [1.807, 2.05) is 18.9 Å². The maximum Gasteiger partial charge on any atom is 0.284 e. The molecule has 0 bridgehead atoms. The standard InChI is InChI=1S/C21H28N4O4S2/c1-21-11-10-19(26)25(21)17(14-30-21)20(27)22-15-7-6-8-16(13-15)31(28,29)23-18-9-4-3-5-12-24(18)2/h6-8,13,17H,3-5,9-12,14H2,1-2H3,(H,22,27)/b23-18-. The largest absolute Gasteiger partial charge is 0.362 e. The first-order valence-corrected chi connectivity index (χ1v) is 13.0. The van der Waals surface area contributed by atoms with Crippen LogP contribution in [0.3, 0.4) is 0 Å². The molecule has 0 aromatic heterocycles. The van der Waals surface area contributed by atoms with E-state index in [-0.39, 0.29) is 21.6 Å². The molecule has 31 heavy (non-hydrogen) atoms. The molecular formula is C21H28N4O4S2. The number of rotatable bonds is 4. The van der Waals surface area contributed by atoms with Gasteiger partial charge < -0.3 is 15.1 Å². The Morgan fingerprint density at radius 1 is 1.26 bits per heavy atom. The van der Waals surface area contributed by atoms with Gasteiger partial charge in [-0.2, -0.15) is 8.42 Å². The molecule has 3 aliphatic heterocycles. The van der Waals surface area contributed by atoms with E-state index in [9.17, 15) is 18.0 Å². The molecule has 2 atom stereocenters. The highest BCUT2D eigenvalue weighted by Gasteiger charge is 2.52. The summed E-state index contributed by atoms with van der Waals surface area (Å²) in [6.45, 7) is 2.78. The van der Waals surface area contributed by atoms with E-state index in [0.29, 0.717) is 30.1 Å². The molecule has 2 unspecified atom stereocenters. The van der Waals surface area contributed by atoms with Crippen LogP contribution in [0, 0.1) is 0 Å². The number of fused-ring (bicyclic) bond motifs is 1. The van der Waals surface area contributed by atoms with Crippen molar-refractivity contribution >= 4 is 45.1 Å². The van der Waals surface area contributed by atoms with Gasteiger partial charge in [0.2, 0.25) is 11.8 Å². The van der Waals surface area contributed by atoms with Gasteiger partial charge in [-0.1, -0.05) is 12.5 Å². The number of nitrogens with zero attached hydrogens (tertiary/aromatic N) is 3. The van der Waals surface area contributed by atoms with Gasteiger partial charge in [-0.3, -0.25) is 9.59 Å². The lowest BCUT2D eigenvalue weighted by molar-refractivity contribution is -0.135. The molecule has 2 amide bonds. The van der Waals surface area contributed by atoms with Crippen molar-refractivity contribution in [3.63, 3.8) is 0 Å². The highest BCUT2D eigenvalue weighted by atomic mass is 32.2. The van der Waals surface area contributed by atoms with Crippen LogP contribution in [0.2, 0.25) is 0 Å². The number of hydrogen-bond acceptors (Lipinski definition) is 5. The van der Waals surface area contributed by atoms with Crippen LogP contribution in [0.5, 0.6) is 0 Å². The molecule has 8 nitrogen and oxygen atoms in total. The minimum Gasteiger partial charge on any atom is -0.362 e. The molecule has 1 aromatic carbocycles. The molecule has 3 aliphatic rings. The minimum absolute atomic E-state index is 0.00711. The number of nitrogens with one attached hydrogen (secondary N) is 1. The topological polar surface area (TPSA) is 99.1 Å². The molecule has 168 valence electrons. The van der Waals surface area contributed by atoms with Crippen molar-refractivity contribution < 1.29 is 18.0 Å². The van der Waals surface area contributed by atoms with E-state index in [1.165, 1.54) is 12.1 Å². The normalized spacial score (nSPS) is 28.0. The fourth-order valence-corrected chi connectivity index (χ4v) is 6.98. The Morgan fingerprint density at radius 3 is 2.87 bits per heavy atom. The number of carbonyl (C=O) groups excluding carboxylic acids is 2. The molecule has 4 rings (SSSR count). The van der Waals surface area contributed by atoms with Crippen LogP contribution in [0.25, 0.3) is 0 Å². The summed E-state index contributed by atoms with van der Waals surface area (Å²) in [6, 6.07) is 5.60. The van der Waals surface area contributed by atoms with Crippen LogP contribution < -0.4 is 5.32 Å². The monoisotopic (exact) mass is 464 g/mol. The third-order valence-electron chi connectivity index (χ3n) is 6.21. The molecule has 0 saturated carbocycles. The number of carbonyl (C=O) groups is 2. The average molecular weight is 465 g/mol. The highest BCUT2D eigenvalue weighted by molar-refractivity contribution is 8.01. The molecule has 0 radical (unpaired) electrons. The fourth-order valence-electron chi connectivity index (χ4n) is 4.41. The maximum atomic E-state index is 12.9. The van der Waals surface area contributed by atoms with Gasteiger partial charge in [0.05, 0.1) is 9.77 Å². The average Bonchev–Trinajstić information content (AvgIpc) is 3.14. The fraction of sp³-hybridized carbons (Fsp3) is 0.571. The van der Waals surface area contributed by atoms with Crippen molar-refractivity contribution in [2.75, 3.05) is 24.7 Å². The molecule has 0 aliphatic carbocycles. The summed E-state index contributed by atoms with van der Waals surface area (Å²) in [5.74, 6) is 0.802. The quantitative estimate of drug-likeness (QED) is 0.736. The molecule has 1 N–H and O–H groups in total. The summed E-state index contributed by atoms with van der Waals surface area (Å²) in [6.07, 6.45) is 4.83. The van der Waals surface area contributed by atoms with Crippen molar-refractivity contribution in [3.05, 3.63) is 24.3 Å². The first-order chi connectivity index (χ1) is 14.7. The third kappa shape index (κ3) is 4.45. The Morgan fingerprint density at radius 2 is 2.06 bits per heavy atom. The number of benzene rings is 1. The SMILES string of the molecule is CN1CCCCC/C1=N/S(=O)(=O)c1cccc(NC(=O)C2CSC3(C)CCC(=O)N23)c1. The van der Waals surface area contributed by atoms with Crippen molar-refractivity contribution in [1.82, 2.24) is 9.80 Å². The second kappa shape index (κ2) is 8.46. The van der Waals surface area contributed by atoms with E-state index >= 15 is 0 Å². The lowest BCUT2D eigenvalue weighted by Gasteiger charge is -2.29.